The molecule has 0 unspecified atom stereocenters. The van der Waals surface area contributed by atoms with E-state index in [1.807, 2.05) is 24.3 Å². The van der Waals surface area contributed by atoms with E-state index < -0.39 is 12.1 Å². The highest BCUT2D eigenvalue weighted by atomic mass is 16.5. The molecule has 0 aliphatic heterocycles. The largest absolute Gasteiger partial charge is 0.481 e. The zero-order chi connectivity index (χ0) is 24.4. The van der Waals surface area contributed by atoms with Gasteiger partial charge in [-0.15, -0.1) is 0 Å². The normalized spacial score (nSPS) is 24.7. The van der Waals surface area contributed by atoms with Crippen LogP contribution in [0.5, 0.6) is 0 Å². The van der Waals surface area contributed by atoms with Crippen LogP contribution >= 0.6 is 0 Å². The van der Waals surface area contributed by atoms with Gasteiger partial charge in [-0.25, -0.2) is 4.79 Å². The molecule has 5 rings (SSSR count). The topological polar surface area (TPSA) is 105 Å². The summed E-state index contributed by atoms with van der Waals surface area (Å²) in [5.74, 6) is -0.604. The number of carbonyl (C=O) groups excluding carboxylic acids is 2. The van der Waals surface area contributed by atoms with Crippen molar-refractivity contribution in [3.05, 3.63) is 59.7 Å². The second kappa shape index (κ2) is 10.1. The fraction of sp³-hybridized carbons (Fsp3) is 0.464. The summed E-state index contributed by atoms with van der Waals surface area (Å²) >= 11 is 0. The quantitative estimate of drug-likeness (QED) is 0.531. The van der Waals surface area contributed by atoms with Crippen molar-refractivity contribution < 1.29 is 24.2 Å². The third-order valence-corrected chi connectivity index (χ3v) is 7.87. The van der Waals surface area contributed by atoms with Crippen molar-refractivity contribution in [2.24, 2.45) is 23.7 Å². The van der Waals surface area contributed by atoms with E-state index in [4.69, 9.17) is 9.84 Å². The molecule has 7 nitrogen and oxygen atoms in total. The molecule has 0 bridgehead atoms. The summed E-state index contributed by atoms with van der Waals surface area (Å²) in [6.07, 6.45) is 3.59. The number of nitrogens with one attached hydrogen (secondary N) is 2. The van der Waals surface area contributed by atoms with E-state index >= 15 is 0 Å². The second-order valence-electron chi connectivity index (χ2n) is 10.1. The lowest BCUT2D eigenvalue weighted by atomic mass is 9.81. The average molecular weight is 477 g/mol. The van der Waals surface area contributed by atoms with Crippen LogP contribution in [0, 0.1) is 23.7 Å². The highest BCUT2D eigenvalue weighted by Gasteiger charge is 2.43. The van der Waals surface area contributed by atoms with Crippen LogP contribution in [0.4, 0.5) is 4.79 Å². The molecule has 2 aromatic carbocycles. The number of amides is 2. The molecule has 3 N–H and O–H groups in total. The second-order valence-corrected chi connectivity index (χ2v) is 10.1. The smallest absolute Gasteiger partial charge is 0.407 e. The van der Waals surface area contributed by atoms with Crippen molar-refractivity contribution in [2.75, 3.05) is 19.7 Å². The fourth-order valence-corrected chi connectivity index (χ4v) is 5.66. The van der Waals surface area contributed by atoms with Gasteiger partial charge in [-0.05, 0) is 66.2 Å². The molecule has 2 amide bonds. The molecule has 2 fully saturated rings. The summed E-state index contributed by atoms with van der Waals surface area (Å²) < 4.78 is 5.62. The molecule has 3 aliphatic rings. The van der Waals surface area contributed by atoms with Crippen LogP contribution in [0.15, 0.2) is 48.5 Å². The van der Waals surface area contributed by atoms with Crippen LogP contribution < -0.4 is 10.6 Å². The van der Waals surface area contributed by atoms with Gasteiger partial charge in [-0.1, -0.05) is 48.5 Å². The van der Waals surface area contributed by atoms with E-state index in [2.05, 4.69) is 34.9 Å². The first kappa shape index (κ1) is 23.4. The molecule has 0 spiro atoms. The fourth-order valence-electron chi connectivity index (χ4n) is 5.66. The number of hydrogen-bond donors (Lipinski definition) is 3. The summed E-state index contributed by atoms with van der Waals surface area (Å²) in [4.78, 5) is 35.8. The van der Waals surface area contributed by atoms with Gasteiger partial charge >= 0.3 is 12.1 Å². The Hall–Kier alpha value is -3.35. The van der Waals surface area contributed by atoms with E-state index in [1.54, 1.807) is 0 Å². The maximum atomic E-state index is 12.4. The number of ether oxygens (including phenoxy) is 1. The standard InChI is InChI=1S/C28H32N2O5/c31-26(29-15-19-13-24(19)27(32)33)18-11-9-17(10-12-18)14-30-28(34)35-16-25-22-7-3-1-5-20(22)21-6-2-4-8-23(21)25/h1-8,17-19,24-25H,9-16H2,(H,29,31)(H,30,34)(H,32,33)/t17?,18?,19-,24-/m1/s1. The molecule has 2 atom stereocenters. The molecule has 0 radical (unpaired) electrons. The van der Waals surface area contributed by atoms with E-state index in [9.17, 15) is 14.4 Å². The van der Waals surface area contributed by atoms with Crippen LogP contribution in [-0.4, -0.2) is 42.8 Å². The zero-order valence-electron chi connectivity index (χ0n) is 19.7. The van der Waals surface area contributed by atoms with Gasteiger partial charge in [0.1, 0.15) is 6.61 Å². The van der Waals surface area contributed by atoms with Crippen LogP contribution in [0.1, 0.15) is 49.1 Å². The van der Waals surface area contributed by atoms with E-state index in [1.165, 1.54) is 22.3 Å². The molecule has 0 saturated heterocycles. The minimum Gasteiger partial charge on any atom is -0.481 e. The Morgan fingerprint density at radius 2 is 1.49 bits per heavy atom. The molecule has 0 aromatic heterocycles. The Morgan fingerprint density at radius 3 is 2.09 bits per heavy atom. The summed E-state index contributed by atoms with van der Waals surface area (Å²) in [6, 6.07) is 16.5. The number of carbonyl (C=O) groups is 3. The van der Waals surface area contributed by atoms with Gasteiger partial charge in [-0.3, -0.25) is 9.59 Å². The van der Waals surface area contributed by atoms with Crippen LogP contribution in [0.2, 0.25) is 0 Å². The Labute approximate surface area is 205 Å². The molecule has 7 heteroatoms. The summed E-state index contributed by atoms with van der Waals surface area (Å²) in [7, 11) is 0. The van der Waals surface area contributed by atoms with E-state index in [0.717, 1.165) is 25.7 Å². The Morgan fingerprint density at radius 1 is 0.857 bits per heavy atom. The number of aliphatic carboxylic acids is 1. The third-order valence-electron chi connectivity index (χ3n) is 7.87. The molecule has 2 saturated carbocycles. The average Bonchev–Trinajstić information content (AvgIpc) is 3.60. The van der Waals surface area contributed by atoms with Crippen molar-refractivity contribution in [2.45, 2.75) is 38.0 Å². The predicted molar refractivity (Wildman–Crippen MR) is 131 cm³/mol. The van der Waals surface area contributed by atoms with Gasteiger partial charge in [0, 0.05) is 24.9 Å². The Balaban J connectivity index is 1.03. The van der Waals surface area contributed by atoms with E-state index in [-0.39, 0.29) is 29.6 Å². The molecule has 0 heterocycles. The Kier molecular flexibility index (Phi) is 6.75. The van der Waals surface area contributed by atoms with Crippen molar-refractivity contribution >= 4 is 18.0 Å². The zero-order valence-corrected chi connectivity index (χ0v) is 19.7. The van der Waals surface area contributed by atoms with Crippen LogP contribution in [-0.2, 0) is 14.3 Å². The summed E-state index contributed by atoms with van der Waals surface area (Å²) in [5, 5.41) is 14.8. The predicted octanol–water partition coefficient (Wildman–Crippen LogP) is 4.17. The third kappa shape index (κ3) is 5.19. The first-order valence-electron chi connectivity index (χ1n) is 12.6. The monoisotopic (exact) mass is 476 g/mol. The molecule has 3 aliphatic carbocycles. The number of carboxylic acid groups (broad SMARTS) is 1. The Bertz CT molecular complexity index is 1060. The van der Waals surface area contributed by atoms with Gasteiger partial charge < -0.3 is 20.5 Å². The van der Waals surface area contributed by atoms with Gasteiger partial charge in [0.05, 0.1) is 5.92 Å². The molecule has 184 valence electrons. The van der Waals surface area contributed by atoms with Crippen LogP contribution in [0.25, 0.3) is 11.1 Å². The van der Waals surface area contributed by atoms with Gasteiger partial charge in [-0.2, -0.15) is 0 Å². The number of carboxylic acids is 1. The number of benzene rings is 2. The maximum absolute atomic E-state index is 12.4. The lowest BCUT2D eigenvalue weighted by Gasteiger charge is -2.28. The first-order chi connectivity index (χ1) is 17.0. The first-order valence-corrected chi connectivity index (χ1v) is 12.6. The van der Waals surface area contributed by atoms with Gasteiger partial charge in [0.15, 0.2) is 0 Å². The van der Waals surface area contributed by atoms with Crippen molar-refractivity contribution in [1.29, 1.82) is 0 Å². The van der Waals surface area contributed by atoms with E-state index in [0.29, 0.717) is 32.0 Å². The lowest BCUT2D eigenvalue weighted by Crippen LogP contribution is -2.37. The van der Waals surface area contributed by atoms with Gasteiger partial charge in [0.2, 0.25) is 5.91 Å². The summed E-state index contributed by atoms with van der Waals surface area (Å²) in [6.45, 7) is 1.31. The summed E-state index contributed by atoms with van der Waals surface area (Å²) in [5.41, 5.74) is 4.80. The minimum absolute atomic E-state index is 0.0252. The van der Waals surface area contributed by atoms with Crippen molar-refractivity contribution in [3.8, 4) is 11.1 Å². The minimum atomic E-state index is -0.770. The SMILES string of the molecule is O=C(NCC1CCC(C(=O)NC[C@H]2C[C@H]2C(=O)O)CC1)OCC1c2ccccc2-c2ccccc21. The van der Waals surface area contributed by atoms with Crippen LogP contribution in [0.3, 0.4) is 0 Å². The molecular formula is C28H32N2O5. The van der Waals surface area contributed by atoms with Crippen molar-refractivity contribution in [3.63, 3.8) is 0 Å². The van der Waals surface area contributed by atoms with Crippen molar-refractivity contribution in [1.82, 2.24) is 10.6 Å². The molecule has 2 aromatic rings. The lowest BCUT2D eigenvalue weighted by molar-refractivity contribution is -0.139. The van der Waals surface area contributed by atoms with Gasteiger partial charge in [0.25, 0.3) is 0 Å². The number of rotatable bonds is 8. The number of hydrogen-bond acceptors (Lipinski definition) is 4. The highest BCUT2D eigenvalue weighted by Crippen LogP contribution is 2.44. The number of fused-ring (bicyclic) bond motifs is 3. The number of alkyl carbamates (subject to hydrolysis) is 1. The molecular weight excluding hydrogens is 444 g/mol. The highest BCUT2D eigenvalue weighted by molar-refractivity contribution is 5.80. The molecule has 35 heavy (non-hydrogen) atoms. The maximum Gasteiger partial charge on any atom is 0.407 e.